The van der Waals surface area contributed by atoms with Gasteiger partial charge in [-0.05, 0) is 62.9 Å². The number of rotatable bonds is 9. The smallest absolute Gasteiger partial charge is 0.254 e. The fourth-order valence-corrected chi connectivity index (χ4v) is 7.72. The molecule has 228 valence electrons. The van der Waals surface area contributed by atoms with Crippen molar-refractivity contribution in [2.45, 2.75) is 59.5 Å². The van der Waals surface area contributed by atoms with E-state index in [1.807, 2.05) is 33.9 Å². The second kappa shape index (κ2) is 12.1. The maximum absolute atomic E-state index is 14.5. The molecule has 2 saturated heterocycles. The lowest BCUT2D eigenvalue weighted by Gasteiger charge is -2.48. The van der Waals surface area contributed by atoms with Crippen LogP contribution >= 0.6 is 0 Å². The van der Waals surface area contributed by atoms with E-state index >= 15 is 0 Å². The van der Waals surface area contributed by atoms with E-state index in [1.165, 1.54) is 17.7 Å². The molecule has 2 fully saturated rings. The molecule has 0 radical (unpaired) electrons. The zero-order valence-corrected chi connectivity index (χ0v) is 26.5. The van der Waals surface area contributed by atoms with Gasteiger partial charge in [-0.1, -0.05) is 19.9 Å². The summed E-state index contributed by atoms with van der Waals surface area (Å²) < 4.78 is 40.5. The Kier molecular flexibility index (Phi) is 8.79. The Morgan fingerprint density at radius 3 is 2.40 bits per heavy atom. The van der Waals surface area contributed by atoms with Crippen LogP contribution in [0.25, 0.3) is 16.6 Å². The largest absolute Gasteiger partial charge is 0.336 e. The van der Waals surface area contributed by atoms with Crippen LogP contribution in [0, 0.1) is 18.7 Å². The number of halogens is 1. The van der Waals surface area contributed by atoms with Crippen molar-refractivity contribution in [1.82, 2.24) is 24.1 Å². The molecule has 0 spiro atoms. The first-order valence-electron chi connectivity index (χ1n) is 15.1. The molecular weight excluding hydrogens is 553 g/mol. The van der Waals surface area contributed by atoms with Gasteiger partial charge in [0, 0.05) is 69.0 Å². The van der Waals surface area contributed by atoms with E-state index in [0.29, 0.717) is 48.6 Å². The number of aryl methyl sites for hydroxylation is 1. The molecule has 10 heteroatoms. The van der Waals surface area contributed by atoms with E-state index < -0.39 is 15.7 Å². The Morgan fingerprint density at radius 1 is 1.10 bits per heavy atom. The summed E-state index contributed by atoms with van der Waals surface area (Å²) in [6, 6.07) is 7.00. The van der Waals surface area contributed by atoms with Crippen LogP contribution < -0.4 is 0 Å². The lowest BCUT2D eigenvalue weighted by molar-refractivity contribution is 0.0419. The molecule has 1 aromatic carbocycles. The molecule has 0 N–H and O–H groups in total. The van der Waals surface area contributed by atoms with Crippen molar-refractivity contribution in [2.24, 2.45) is 5.92 Å². The number of pyridine rings is 1. The SMILES string of the molecule is CCN(C(=O)c1cc(F)ccc1-c1cc(C2CN([C@H](CN3CCS(=O)(=O)CC3)C(C)C)C2)cn2c(C)ncc12)C(C)C. The van der Waals surface area contributed by atoms with E-state index in [0.717, 1.165) is 36.5 Å². The predicted octanol–water partition coefficient (Wildman–Crippen LogP) is 4.47. The molecule has 2 aromatic heterocycles. The number of hydrogen-bond acceptors (Lipinski definition) is 6. The van der Waals surface area contributed by atoms with Gasteiger partial charge >= 0.3 is 0 Å². The topological polar surface area (TPSA) is 78.2 Å². The fourth-order valence-electron chi connectivity index (χ4n) is 6.45. The number of nitrogens with zero attached hydrogens (tertiary/aromatic N) is 5. The summed E-state index contributed by atoms with van der Waals surface area (Å²) >= 11 is 0. The number of sulfone groups is 1. The first kappa shape index (κ1) is 30.6. The highest BCUT2D eigenvalue weighted by Gasteiger charge is 2.37. The number of hydrogen-bond donors (Lipinski definition) is 0. The van der Waals surface area contributed by atoms with Crippen molar-refractivity contribution in [2.75, 3.05) is 50.8 Å². The standard InChI is InChI=1S/C32H44FN5O3S/c1-7-37(22(4)5)32(39)29-15-26(33)8-9-27(29)28-14-24(19-38-23(6)34-16-30(28)38)25-17-36(18-25)31(21(2)3)20-35-10-12-42(40,41)13-11-35/h8-9,14-16,19,21-22,25,31H,7,10-13,17-18,20H2,1-6H3/t31-/m1/s1. The van der Waals surface area contributed by atoms with Gasteiger partial charge in [0.15, 0.2) is 9.84 Å². The van der Waals surface area contributed by atoms with Crippen molar-refractivity contribution < 1.29 is 17.6 Å². The number of carbonyl (C=O) groups is 1. The first-order valence-corrected chi connectivity index (χ1v) is 17.0. The summed E-state index contributed by atoms with van der Waals surface area (Å²) in [6.07, 6.45) is 3.98. The quantitative estimate of drug-likeness (QED) is 0.362. The van der Waals surface area contributed by atoms with Crippen molar-refractivity contribution in [1.29, 1.82) is 0 Å². The normalized spacial score (nSPS) is 19.0. The Labute approximate surface area is 249 Å². The molecule has 2 aliphatic rings. The minimum atomic E-state index is -2.90. The molecule has 0 unspecified atom stereocenters. The van der Waals surface area contributed by atoms with Crippen molar-refractivity contribution in [3.63, 3.8) is 0 Å². The summed E-state index contributed by atoms with van der Waals surface area (Å²) in [5.41, 5.74) is 4.01. The second-order valence-corrected chi connectivity index (χ2v) is 14.8. The summed E-state index contributed by atoms with van der Waals surface area (Å²) in [6.45, 7) is 16.8. The van der Waals surface area contributed by atoms with Crippen LogP contribution in [-0.4, -0.2) is 101 Å². The van der Waals surface area contributed by atoms with E-state index in [-0.39, 0.29) is 23.5 Å². The maximum Gasteiger partial charge on any atom is 0.254 e. The number of carbonyl (C=O) groups excluding carboxylic acids is 1. The molecule has 8 nitrogen and oxygen atoms in total. The highest BCUT2D eigenvalue weighted by Crippen LogP contribution is 2.37. The summed E-state index contributed by atoms with van der Waals surface area (Å²) in [4.78, 5) is 24.8. The second-order valence-electron chi connectivity index (χ2n) is 12.5. The number of amides is 1. The fraction of sp³-hybridized carbons (Fsp3) is 0.562. The van der Waals surface area contributed by atoms with Crippen LogP contribution in [0.1, 0.15) is 62.3 Å². The van der Waals surface area contributed by atoms with Crippen LogP contribution in [0.4, 0.5) is 4.39 Å². The molecule has 3 aromatic rings. The van der Waals surface area contributed by atoms with E-state index in [9.17, 15) is 17.6 Å². The van der Waals surface area contributed by atoms with Gasteiger partial charge in [0.1, 0.15) is 11.6 Å². The Balaban J connectivity index is 1.44. The molecule has 0 bridgehead atoms. The summed E-state index contributed by atoms with van der Waals surface area (Å²) in [7, 11) is -2.90. The van der Waals surface area contributed by atoms with Gasteiger partial charge in [-0.15, -0.1) is 0 Å². The lowest BCUT2D eigenvalue weighted by Crippen LogP contribution is -2.57. The van der Waals surface area contributed by atoms with Gasteiger partial charge in [0.05, 0.1) is 28.8 Å². The Morgan fingerprint density at radius 2 is 1.79 bits per heavy atom. The number of aromatic nitrogens is 2. The highest BCUT2D eigenvalue weighted by molar-refractivity contribution is 7.91. The highest BCUT2D eigenvalue weighted by atomic mass is 32.2. The minimum Gasteiger partial charge on any atom is -0.336 e. The number of benzene rings is 1. The zero-order chi connectivity index (χ0) is 30.3. The van der Waals surface area contributed by atoms with Crippen molar-refractivity contribution in [3.05, 3.63) is 59.4 Å². The molecule has 4 heterocycles. The molecule has 1 atom stereocenters. The van der Waals surface area contributed by atoms with Crippen LogP contribution in [-0.2, 0) is 9.84 Å². The Bertz CT molecular complexity index is 1550. The van der Waals surface area contributed by atoms with Crippen molar-refractivity contribution in [3.8, 4) is 11.1 Å². The minimum absolute atomic E-state index is 0.00798. The van der Waals surface area contributed by atoms with Crippen LogP contribution in [0.2, 0.25) is 0 Å². The van der Waals surface area contributed by atoms with Gasteiger partial charge in [-0.2, -0.15) is 0 Å². The number of imidazole rings is 1. The summed E-state index contributed by atoms with van der Waals surface area (Å²) in [5, 5.41) is 0. The molecule has 2 aliphatic heterocycles. The summed E-state index contributed by atoms with van der Waals surface area (Å²) in [5.74, 6) is 1.48. The monoisotopic (exact) mass is 597 g/mol. The third kappa shape index (κ3) is 6.12. The van der Waals surface area contributed by atoms with Gasteiger partial charge in [0.25, 0.3) is 5.91 Å². The molecule has 5 rings (SSSR count). The molecule has 0 aliphatic carbocycles. The molecular formula is C32H44FN5O3S. The van der Waals surface area contributed by atoms with E-state index in [1.54, 1.807) is 11.0 Å². The van der Waals surface area contributed by atoms with Gasteiger partial charge in [0.2, 0.25) is 0 Å². The predicted molar refractivity (Wildman–Crippen MR) is 165 cm³/mol. The van der Waals surface area contributed by atoms with Gasteiger partial charge in [-0.3, -0.25) is 14.6 Å². The van der Waals surface area contributed by atoms with Crippen LogP contribution in [0.15, 0.2) is 36.7 Å². The maximum atomic E-state index is 14.5. The third-order valence-corrected chi connectivity index (χ3v) is 10.7. The Hall–Kier alpha value is -2.82. The van der Waals surface area contributed by atoms with Gasteiger partial charge in [-0.25, -0.2) is 17.8 Å². The zero-order valence-electron chi connectivity index (χ0n) is 25.7. The van der Waals surface area contributed by atoms with Crippen LogP contribution in [0.5, 0.6) is 0 Å². The average Bonchev–Trinajstić information content (AvgIpc) is 3.28. The number of likely N-dealkylation sites (tertiary alicyclic amines) is 1. The third-order valence-electron chi connectivity index (χ3n) is 9.08. The van der Waals surface area contributed by atoms with E-state index in [4.69, 9.17) is 0 Å². The van der Waals surface area contributed by atoms with Gasteiger partial charge < -0.3 is 9.30 Å². The van der Waals surface area contributed by atoms with Crippen LogP contribution in [0.3, 0.4) is 0 Å². The lowest BCUT2D eigenvalue weighted by atomic mass is 9.86. The molecule has 42 heavy (non-hydrogen) atoms. The molecule has 1 amide bonds. The van der Waals surface area contributed by atoms with Crippen molar-refractivity contribution >= 4 is 21.3 Å². The average molecular weight is 598 g/mol. The van der Waals surface area contributed by atoms with E-state index in [2.05, 4.69) is 45.3 Å². The number of fused-ring (bicyclic) bond motifs is 1. The first-order chi connectivity index (χ1) is 19.9. The molecule has 0 saturated carbocycles.